The fourth-order valence-electron chi connectivity index (χ4n) is 3.59. The fourth-order valence-corrected chi connectivity index (χ4v) is 4.80. The van der Waals surface area contributed by atoms with Gasteiger partial charge in [0, 0.05) is 29.0 Å². The molecule has 0 unspecified atom stereocenters. The maximum atomic E-state index is 13.1. The van der Waals surface area contributed by atoms with Crippen molar-refractivity contribution in [1.82, 2.24) is 4.90 Å². The number of nitrogens with zero attached hydrogens (tertiary/aromatic N) is 1. The Hall–Kier alpha value is -1.52. The molecule has 1 aliphatic carbocycles. The maximum Gasteiger partial charge on any atom is 0.226 e. The predicted octanol–water partition coefficient (Wildman–Crippen LogP) is 4.90. The molecule has 130 valence electrons. The van der Waals surface area contributed by atoms with E-state index < -0.39 is 0 Å². The van der Waals surface area contributed by atoms with Crippen molar-refractivity contribution in [3.05, 3.63) is 70.5 Å². The summed E-state index contributed by atoms with van der Waals surface area (Å²) in [5, 5.41) is 0.712. The van der Waals surface area contributed by atoms with E-state index in [1.807, 2.05) is 40.9 Å². The highest BCUT2D eigenvalue weighted by Gasteiger charge is 2.47. The van der Waals surface area contributed by atoms with Crippen molar-refractivity contribution in [1.29, 1.82) is 0 Å². The Morgan fingerprint density at radius 1 is 1.08 bits per heavy atom. The molecule has 3 atom stereocenters. The lowest BCUT2D eigenvalue weighted by atomic mass is 10.0. The number of carbonyl (C=O) groups excluding carboxylic acids is 1. The van der Waals surface area contributed by atoms with Crippen LogP contribution in [0.3, 0.4) is 0 Å². The first kappa shape index (κ1) is 16.9. The lowest BCUT2D eigenvalue weighted by Gasteiger charge is -2.36. The summed E-state index contributed by atoms with van der Waals surface area (Å²) in [5.41, 5.74) is 2.21. The molecule has 1 heterocycles. The first-order valence-electron chi connectivity index (χ1n) is 8.52. The summed E-state index contributed by atoms with van der Waals surface area (Å²) in [4.78, 5) is 15.1. The quantitative estimate of drug-likeness (QED) is 0.760. The highest BCUT2D eigenvalue weighted by atomic mass is 35.5. The number of thioether (sulfide) groups is 1. The molecule has 0 N–H and O–H groups in total. The normalized spacial score (nSPS) is 25.7. The molecule has 2 aliphatic rings. The van der Waals surface area contributed by atoms with Gasteiger partial charge >= 0.3 is 0 Å². The third kappa shape index (κ3) is 3.56. The Morgan fingerprint density at radius 2 is 1.76 bits per heavy atom. The van der Waals surface area contributed by atoms with E-state index in [1.165, 1.54) is 12.1 Å². The maximum absolute atomic E-state index is 13.1. The van der Waals surface area contributed by atoms with E-state index in [0.717, 1.165) is 35.6 Å². The molecule has 2 aromatic carbocycles. The molecular weight excluding hydrogens is 357 g/mol. The largest absolute Gasteiger partial charge is 0.334 e. The zero-order valence-corrected chi connectivity index (χ0v) is 15.3. The van der Waals surface area contributed by atoms with E-state index >= 15 is 0 Å². The number of amides is 1. The van der Waals surface area contributed by atoms with Gasteiger partial charge in [0.05, 0.1) is 6.04 Å². The van der Waals surface area contributed by atoms with Gasteiger partial charge in [0.1, 0.15) is 5.82 Å². The van der Waals surface area contributed by atoms with Crippen LogP contribution in [0.15, 0.2) is 48.5 Å². The molecule has 0 spiro atoms. The third-order valence-corrected chi connectivity index (χ3v) is 6.35. The van der Waals surface area contributed by atoms with Crippen molar-refractivity contribution in [2.24, 2.45) is 5.92 Å². The number of halogens is 2. The second-order valence-corrected chi connectivity index (χ2v) is 8.26. The van der Waals surface area contributed by atoms with Crippen LogP contribution in [0.1, 0.15) is 29.5 Å². The van der Waals surface area contributed by atoms with Crippen LogP contribution < -0.4 is 0 Å². The Morgan fingerprint density at radius 3 is 2.48 bits per heavy atom. The van der Waals surface area contributed by atoms with Gasteiger partial charge in [0.2, 0.25) is 5.91 Å². The van der Waals surface area contributed by atoms with Gasteiger partial charge in [-0.1, -0.05) is 35.9 Å². The average molecular weight is 376 g/mol. The second kappa shape index (κ2) is 7.00. The molecule has 0 radical (unpaired) electrons. The van der Waals surface area contributed by atoms with Crippen molar-refractivity contribution in [2.45, 2.75) is 18.4 Å². The van der Waals surface area contributed by atoms with Crippen molar-refractivity contribution >= 4 is 29.3 Å². The Labute approximate surface area is 156 Å². The third-order valence-electron chi connectivity index (χ3n) is 5.07. The van der Waals surface area contributed by atoms with Gasteiger partial charge in [-0.15, -0.1) is 0 Å². The van der Waals surface area contributed by atoms with Crippen LogP contribution in [-0.4, -0.2) is 28.9 Å². The summed E-state index contributed by atoms with van der Waals surface area (Å²) in [6, 6.07) is 14.5. The number of rotatable bonds is 3. The minimum Gasteiger partial charge on any atom is -0.334 e. The SMILES string of the molecule is O=C([C@@H]1C[C@@H]1c1ccc(F)cc1)N1CCSC[C@H]1c1ccc(Cl)cc1. The zero-order chi connectivity index (χ0) is 17.4. The molecule has 0 bridgehead atoms. The van der Waals surface area contributed by atoms with E-state index in [2.05, 4.69) is 0 Å². The summed E-state index contributed by atoms with van der Waals surface area (Å²) in [7, 11) is 0. The molecule has 5 heteroatoms. The molecule has 25 heavy (non-hydrogen) atoms. The van der Waals surface area contributed by atoms with Crippen LogP contribution in [0.4, 0.5) is 4.39 Å². The van der Waals surface area contributed by atoms with Crippen LogP contribution in [0.25, 0.3) is 0 Å². The van der Waals surface area contributed by atoms with Crippen molar-refractivity contribution in [3.63, 3.8) is 0 Å². The van der Waals surface area contributed by atoms with Gasteiger partial charge in [-0.05, 0) is 47.7 Å². The molecule has 1 amide bonds. The van der Waals surface area contributed by atoms with Crippen LogP contribution in [0, 0.1) is 11.7 Å². The zero-order valence-electron chi connectivity index (χ0n) is 13.7. The highest BCUT2D eigenvalue weighted by molar-refractivity contribution is 7.99. The highest BCUT2D eigenvalue weighted by Crippen LogP contribution is 2.49. The second-order valence-electron chi connectivity index (χ2n) is 6.67. The smallest absolute Gasteiger partial charge is 0.226 e. The summed E-state index contributed by atoms with van der Waals surface area (Å²) in [6.45, 7) is 0.781. The van der Waals surface area contributed by atoms with Crippen molar-refractivity contribution < 1.29 is 9.18 Å². The molecule has 2 nitrogen and oxygen atoms in total. The van der Waals surface area contributed by atoms with Gasteiger partial charge < -0.3 is 4.90 Å². The predicted molar refractivity (Wildman–Crippen MR) is 100 cm³/mol. The molecular formula is C20H19ClFNOS. The lowest BCUT2D eigenvalue weighted by Crippen LogP contribution is -2.41. The summed E-state index contributed by atoms with van der Waals surface area (Å²) in [5.74, 6) is 2.15. The van der Waals surface area contributed by atoms with E-state index in [-0.39, 0.29) is 29.6 Å². The van der Waals surface area contributed by atoms with Gasteiger partial charge in [0.15, 0.2) is 0 Å². The topological polar surface area (TPSA) is 20.3 Å². The molecule has 1 saturated carbocycles. The summed E-state index contributed by atoms with van der Waals surface area (Å²) >= 11 is 7.88. The molecule has 2 aromatic rings. The van der Waals surface area contributed by atoms with Crippen molar-refractivity contribution in [3.8, 4) is 0 Å². The Kier molecular flexibility index (Phi) is 4.74. The average Bonchev–Trinajstić information content (AvgIpc) is 3.43. The standard InChI is InChI=1S/C20H19ClFNOS/c21-15-5-1-14(2-6-15)19-12-25-10-9-23(19)20(24)18-11-17(18)13-3-7-16(22)8-4-13/h1-8,17-19H,9-12H2/t17-,18-,19+/m1/s1. The number of hydrogen-bond acceptors (Lipinski definition) is 2. The Bertz CT molecular complexity index is 764. The first-order chi connectivity index (χ1) is 12.1. The summed E-state index contributed by atoms with van der Waals surface area (Å²) in [6.07, 6.45) is 0.863. The fraction of sp³-hybridized carbons (Fsp3) is 0.350. The van der Waals surface area contributed by atoms with Crippen molar-refractivity contribution in [2.75, 3.05) is 18.1 Å². The van der Waals surface area contributed by atoms with Crippen LogP contribution in [-0.2, 0) is 4.79 Å². The van der Waals surface area contributed by atoms with E-state index in [9.17, 15) is 9.18 Å². The van der Waals surface area contributed by atoms with Crippen LogP contribution in [0.2, 0.25) is 5.02 Å². The molecule has 1 aliphatic heterocycles. The Balaban J connectivity index is 1.50. The lowest BCUT2D eigenvalue weighted by molar-refractivity contribution is -0.134. The van der Waals surface area contributed by atoms with E-state index in [4.69, 9.17) is 11.6 Å². The van der Waals surface area contributed by atoms with Gasteiger partial charge in [-0.2, -0.15) is 11.8 Å². The first-order valence-corrected chi connectivity index (χ1v) is 10.1. The molecule has 4 rings (SSSR count). The summed E-state index contributed by atoms with van der Waals surface area (Å²) < 4.78 is 13.1. The van der Waals surface area contributed by atoms with Gasteiger partial charge in [0.25, 0.3) is 0 Å². The van der Waals surface area contributed by atoms with E-state index in [1.54, 1.807) is 12.1 Å². The molecule has 0 aromatic heterocycles. The minimum atomic E-state index is -0.233. The molecule has 2 fully saturated rings. The monoisotopic (exact) mass is 375 g/mol. The number of carbonyl (C=O) groups is 1. The number of benzene rings is 2. The van der Waals surface area contributed by atoms with Gasteiger partial charge in [-0.25, -0.2) is 4.39 Å². The molecule has 1 saturated heterocycles. The van der Waals surface area contributed by atoms with Crippen LogP contribution >= 0.6 is 23.4 Å². The number of hydrogen-bond donors (Lipinski definition) is 0. The van der Waals surface area contributed by atoms with Crippen LogP contribution in [0.5, 0.6) is 0 Å². The van der Waals surface area contributed by atoms with Gasteiger partial charge in [-0.3, -0.25) is 4.79 Å². The minimum absolute atomic E-state index is 0.0309. The van der Waals surface area contributed by atoms with E-state index in [0.29, 0.717) is 5.02 Å².